The van der Waals surface area contributed by atoms with Gasteiger partial charge in [0.2, 0.25) is 0 Å². The van der Waals surface area contributed by atoms with Crippen molar-refractivity contribution in [2.45, 2.75) is 19.1 Å². The largest absolute Gasteiger partial charge is 0.504 e. The average Bonchev–Trinajstić information content (AvgIpc) is 2.80. The van der Waals surface area contributed by atoms with E-state index in [1.807, 2.05) is 55.5 Å². The molecule has 0 aromatic heterocycles. The summed E-state index contributed by atoms with van der Waals surface area (Å²) in [7, 11) is 1.62. The van der Waals surface area contributed by atoms with E-state index in [0.717, 1.165) is 22.6 Å². The molecule has 0 fully saturated rings. The minimum absolute atomic E-state index is 0.0861. The molecule has 1 aliphatic heterocycles. The first-order valence-corrected chi connectivity index (χ1v) is 10.2. The molecule has 0 saturated carbocycles. The van der Waals surface area contributed by atoms with Crippen molar-refractivity contribution in [2.75, 3.05) is 13.7 Å². The van der Waals surface area contributed by atoms with Crippen molar-refractivity contribution < 1.29 is 19.0 Å². The van der Waals surface area contributed by atoms with Gasteiger partial charge in [0.25, 0.3) is 0 Å². The lowest BCUT2D eigenvalue weighted by Gasteiger charge is -2.33. The summed E-state index contributed by atoms with van der Waals surface area (Å²) in [5.74, 6) is 0.942. The number of para-hydroxylation sites is 1. The Balaban J connectivity index is 1.78. The van der Waals surface area contributed by atoms with Crippen LogP contribution in [0.4, 0.5) is 4.39 Å². The van der Waals surface area contributed by atoms with Crippen LogP contribution >= 0.6 is 0 Å². The molecule has 0 saturated heterocycles. The predicted molar refractivity (Wildman–Crippen MR) is 118 cm³/mol. The number of halogens is 1. The van der Waals surface area contributed by atoms with Crippen molar-refractivity contribution in [2.24, 2.45) is 0 Å². The summed E-state index contributed by atoms with van der Waals surface area (Å²) in [6.45, 7) is 2.32. The van der Waals surface area contributed by atoms with Gasteiger partial charge in [-0.2, -0.15) is 0 Å². The number of rotatable bonds is 6. The van der Waals surface area contributed by atoms with E-state index in [2.05, 4.69) is 10.6 Å². The highest BCUT2D eigenvalue weighted by Crippen LogP contribution is 2.38. The Morgan fingerprint density at radius 2 is 1.84 bits per heavy atom. The van der Waals surface area contributed by atoms with Crippen LogP contribution in [0.15, 0.2) is 72.8 Å². The summed E-state index contributed by atoms with van der Waals surface area (Å²) in [5, 5.41) is 17.7. The smallest absolute Gasteiger partial charge is 0.162 e. The fraction of sp³-hybridized carbons (Fsp3) is 0.200. The van der Waals surface area contributed by atoms with Crippen molar-refractivity contribution in [1.82, 2.24) is 10.6 Å². The number of benzene rings is 3. The van der Waals surface area contributed by atoms with Crippen LogP contribution in [0.25, 0.3) is 5.70 Å². The third kappa shape index (κ3) is 4.49. The third-order valence-corrected chi connectivity index (χ3v) is 5.21. The number of methoxy groups -OCH3 is 1. The topological polar surface area (TPSA) is 62.8 Å². The highest BCUT2D eigenvalue weighted by molar-refractivity contribution is 5.68. The van der Waals surface area contributed by atoms with E-state index in [1.165, 1.54) is 12.1 Å². The van der Waals surface area contributed by atoms with E-state index < -0.39 is 0 Å². The second kappa shape index (κ2) is 9.10. The maximum Gasteiger partial charge on any atom is 0.162 e. The molecule has 2 atom stereocenters. The van der Waals surface area contributed by atoms with Gasteiger partial charge in [-0.1, -0.05) is 36.4 Å². The molecule has 0 aliphatic carbocycles. The monoisotopic (exact) mass is 420 g/mol. The van der Waals surface area contributed by atoms with Crippen molar-refractivity contribution in [1.29, 1.82) is 0 Å². The van der Waals surface area contributed by atoms with Crippen LogP contribution in [0.2, 0.25) is 0 Å². The van der Waals surface area contributed by atoms with Gasteiger partial charge in [-0.05, 0) is 48.9 Å². The van der Waals surface area contributed by atoms with E-state index in [-0.39, 0.29) is 23.8 Å². The molecule has 0 spiro atoms. The summed E-state index contributed by atoms with van der Waals surface area (Å²) in [5.41, 5.74) is 3.19. The molecule has 4 rings (SSSR count). The summed E-state index contributed by atoms with van der Waals surface area (Å²) >= 11 is 0. The summed E-state index contributed by atoms with van der Waals surface area (Å²) in [4.78, 5) is 0. The molecular weight excluding hydrogens is 395 g/mol. The lowest BCUT2D eigenvalue weighted by molar-refractivity contribution is 0.314. The number of ether oxygens (including phenoxy) is 2. The van der Waals surface area contributed by atoms with Crippen LogP contribution in [-0.4, -0.2) is 18.8 Å². The second-order valence-corrected chi connectivity index (χ2v) is 7.22. The van der Waals surface area contributed by atoms with E-state index in [4.69, 9.17) is 9.47 Å². The normalized spacial score (nSPS) is 18.1. The van der Waals surface area contributed by atoms with E-state index in [0.29, 0.717) is 17.9 Å². The summed E-state index contributed by atoms with van der Waals surface area (Å²) in [6.07, 6.45) is 1.62. The fourth-order valence-electron chi connectivity index (χ4n) is 3.72. The zero-order valence-electron chi connectivity index (χ0n) is 17.4. The summed E-state index contributed by atoms with van der Waals surface area (Å²) in [6, 6.07) is 19.2. The van der Waals surface area contributed by atoms with E-state index in [1.54, 1.807) is 19.2 Å². The van der Waals surface area contributed by atoms with Gasteiger partial charge in [0.05, 0.1) is 19.8 Å². The Labute approximate surface area is 181 Å². The lowest BCUT2D eigenvalue weighted by Crippen LogP contribution is -2.39. The first-order chi connectivity index (χ1) is 15.1. The van der Waals surface area contributed by atoms with Crippen LogP contribution in [0, 0.1) is 5.82 Å². The van der Waals surface area contributed by atoms with Crippen molar-refractivity contribution >= 4 is 5.70 Å². The molecule has 3 N–H and O–H groups in total. The van der Waals surface area contributed by atoms with E-state index in [9.17, 15) is 9.50 Å². The number of phenols is 1. The van der Waals surface area contributed by atoms with Crippen LogP contribution in [0.1, 0.15) is 35.8 Å². The molecule has 1 aliphatic rings. The number of nitrogens with one attached hydrogen (secondary N) is 2. The Hall–Kier alpha value is -3.51. The third-order valence-electron chi connectivity index (χ3n) is 5.21. The van der Waals surface area contributed by atoms with Crippen molar-refractivity contribution in [3.05, 3.63) is 95.3 Å². The molecule has 1 heterocycles. The predicted octanol–water partition coefficient (Wildman–Crippen LogP) is 4.91. The lowest BCUT2D eigenvalue weighted by atomic mass is 9.97. The van der Waals surface area contributed by atoms with Gasteiger partial charge >= 0.3 is 0 Å². The molecule has 31 heavy (non-hydrogen) atoms. The fourth-order valence-corrected chi connectivity index (χ4v) is 3.72. The zero-order valence-corrected chi connectivity index (χ0v) is 17.4. The Bertz CT molecular complexity index is 1100. The van der Waals surface area contributed by atoms with Crippen LogP contribution < -0.4 is 20.1 Å². The molecular formula is C25H25FN2O3. The van der Waals surface area contributed by atoms with Crippen molar-refractivity contribution in [3.63, 3.8) is 0 Å². The minimum atomic E-state index is -0.373. The van der Waals surface area contributed by atoms with Crippen LogP contribution in [0.3, 0.4) is 0 Å². The average molecular weight is 420 g/mol. The number of hydrogen-bond donors (Lipinski definition) is 3. The SMILES string of the molecule is CCOc1cccc(C2C=C(c3cccc(OC)c3)NC(c3cccc(F)c3)N2)c1O. The highest BCUT2D eigenvalue weighted by Gasteiger charge is 2.27. The van der Waals surface area contributed by atoms with Gasteiger partial charge in [0.15, 0.2) is 11.5 Å². The maximum atomic E-state index is 13.9. The second-order valence-electron chi connectivity index (χ2n) is 7.22. The zero-order chi connectivity index (χ0) is 21.8. The standard InChI is InChI=1S/C25H25FN2O3/c1-3-31-23-12-6-11-20(24(23)29)22-15-21(16-7-5-10-19(14-16)30-2)27-25(28-22)17-8-4-9-18(26)13-17/h4-15,22,25,27-29H,3H2,1-2H3. The summed E-state index contributed by atoms with van der Waals surface area (Å²) < 4.78 is 24.8. The van der Waals surface area contributed by atoms with Gasteiger partial charge < -0.3 is 19.9 Å². The Morgan fingerprint density at radius 1 is 1.03 bits per heavy atom. The van der Waals surface area contributed by atoms with Gasteiger partial charge in [-0.3, -0.25) is 5.32 Å². The van der Waals surface area contributed by atoms with Gasteiger partial charge in [-0.15, -0.1) is 0 Å². The first kappa shape index (κ1) is 20.8. The molecule has 160 valence electrons. The molecule has 0 bridgehead atoms. The Morgan fingerprint density at radius 3 is 2.61 bits per heavy atom. The molecule has 6 heteroatoms. The highest BCUT2D eigenvalue weighted by atomic mass is 19.1. The molecule has 5 nitrogen and oxygen atoms in total. The number of aromatic hydroxyl groups is 1. The van der Waals surface area contributed by atoms with Gasteiger partial charge in [0.1, 0.15) is 17.7 Å². The number of phenolic OH excluding ortho intramolecular Hbond substituents is 1. The quantitative estimate of drug-likeness (QED) is 0.529. The molecule has 3 aromatic carbocycles. The molecule has 3 aromatic rings. The maximum absolute atomic E-state index is 13.9. The minimum Gasteiger partial charge on any atom is -0.504 e. The molecule has 0 amide bonds. The molecule has 0 radical (unpaired) electrons. The van der Waals surface area contributed by atoms with E-state index >= 15 is 0 Å². The number of hydrogen-bond acceptors (Lipinski definition) is 5. The molecule has 2 unspecified atom stereocenters. The van der Waals surface area contributed by atoms with Crippen molar-refractivity contribution in [3.8, 4) is 17.2 Å². The van der Waals surface area contributed by atoms with Gasteiger partial charge in [-0.25, -0.2) is 4.39 Å². The van der Waals surface area contributed by atoms with Crippen LogP contribution in [-0.2, 0) is 0 Å². The first-order valence-electron chi connectivity index (χ1n) is 10.2. The van der Waals surface area contributed by atoms with Crippen LogP contribution in [0.5, 0.6) is 17.2 Å². The Kier molecular flexibility index (Phi) is 6.09. The van der Waals surface area contributed by atoms with Gasteiger partial charge in [0, 0.05) is 16.8 Å².